The first-order valence-corrected chi connectivity index (χ1v) is 12.5. The van der Waals surface area contributed by atoms with E-state index in [1.807, 2.05) is 34.6 Å². The van der Waals surface area contributed by atoms with Gasteiger partial charge >= 0.3 is 6.09 Å². The molecule has 1 atom stereocenters. The fourth-order valence-electron chi connectivity index (χ4n) is 4.23. The lowest BCUT2D eigenvalue weighted by atomic mass is 10.0. The first-order chi connectivity index (χ1) is 15.9. The minimum atomic E-state index is -3.95. The van der Waals surface area contributed by atoms with Gasteiger partial charge in [-0.05, 0) is 70.5 Å². The number of hydrogen-bond donors (Lipinski definition) is 0. The molecule has 9 heteroatoms. The van der Waals surface area contributed by atoms with Crippen LogP contribution in [0, 0.1) is 6.92 Å². The molecule has 3 aromatic rings. The molecular weight excluding hydrogens is 456 g/mol. The largest absolute Gasteiger partial charge is 0.495 e. The lowest BCUT2D eigenvalue weighted by Gasteiger charge is -2.30. The number of methoxy groups -OCH3 is 1. The second-order valence-electron chi connectivity index (χ2n) is 9.38. The van der Waals surface area contributed by atoms with Crippen molar-refractivity contribution < 1.29 is 27.4 Å². The number of nitrogens with zero attached hydrogens (tertiary/aromatic N) is 2. The highest BCUT2D eigenvalue weighted by Crippen LogP contribution is 2.40. The predicted molar refractivity (Wildman–Crippen MR) is 129 cm³/mol. The lowest BCUT2D eigenvalue weighted by molar-refractivity contribution is 0.0168. The highest BCUT2D eigenvalue weighted by Gasteiger charge is 2.33. The van der Waals surface area contributed by atoms with Crippen molar-refractivity contribution in [3.63, 3.8) is 0 Å². The van der Waals surface area contributed by atoms with Gasteiger partial charge < -0.3 is 14.2 Å². The summed E-state index contributed by atoms with van der Waals surface area (Å²) < 4.78 is 45.4. The molecule has 4 rings (SSSR count). The van der Waals surface area contributed by atoms with Crippen LogP contribution in [-0.4, -0.2) is 49.2 Å². The normalized spacial score (nSPS) is 16.5. The Bertz CT molecular complexity index is 1350. The van der Waals surface area contributed by atoms with Gasteiger partial charge in [0.15, 0.2) is 0 Å². The molecule has 1 aliphatic rings. The van der Waals surface area contributed by atoms with Gasteiger partial charge in [0, 0.05) is 17.1 Å². The molecule has 2 heterocycles. The zero-order chi connectivity index (χ0) is 24.8. The molecule has 1 aliphatic heterocycles. The third kappa shape index (κ3) is 4.20. The van der Waals surface area contributed by atoms with Crippen LogP contribution in [0.25, 0.3) is 10.9 Å². The lowest BCUT2D eigenvalue weighted by Crippen LogP contribution is -2.39. The molecule has 1 aromatic heterocycles. The molecule has 1 unspecified atom stereocenters. The molecule has 8 nitrogen and oxygen atoms in total. The number of ether oxygens (including phenoxy) is 3. The van der Waals surface area contributed by atoms with E-state index >= 15 is 0 Å². The summed E-state index contributed by atoms with van der Waals surface area (Å²) >= 11 is 0. The summed E-state index contributed by atoms with van der Waals surface area (Å²) in [4.78, 5) is 14.6. The average Bonchev–Trinajstić information content (AvgIpc) is 3.12. The molecule has 0 saturated carbocycles. The third-order valence-electron chi connectivity index (χ3n) is 5.80. The number of benzene rings is 2. The molecule has 2 aromatic carbocycles. The fourth-order valence-corrected chi connectivity index (χ4v) is 5.82. The van der Waals surface area contributed by atoms with E-state index in [9.17, 15) is 13.2 Å². The van der Waals surface area contributed by atoms with Crippen LogP contribution in [-0.2, 0) is 14.8 Å². The Morgan fingerprint density at radius 2 is 1.88 bits per heavy atom. The van der Waals surface area contributed by atoms with Gasteiger partial charge in [0.2, 0.25) is 0 Å². The van der Waals surface area contributed by atoms with Crippen molar-refractivity contribution in [2.75, 3.05) is 20.3 Å². The monoisotopic (exact) mass is 486 g/mol. The summed E-state index contributed by atoms with van der Waals surface area (Å²) in [6.07, 6.45) is 1.09. The van der Waals surface area contributed by atoms with Crippen LogP contribution in [0.3, 0.4) is 0 Å². The van der Waals surface area contributed by atoms with Gasteiger partial charge in [-0.2, -0.15) is 0 Å². The molecule has 0 N–H and O–H groups in total. The van der Waals surface area contributed by atoms with E-state index in [0.717, 1.165) is 11.1 Å². The number of hydrogen-bond acceptors (Lipinski definition) is 6. The van der Waals surface area contributed by atoms with Crippen LogP contribution < -0.4 is 9.47 Å². The molecule has 0 spiro atoms. The van der Waals surface area contributed by atoms with Gasteiger partial charge in [-0.1, -0.05) is 6.07 Å². The maximum atomic E-state index is 13.7. The Kier molecular flexibility index (Phi) is 6.01. The fraction of sp³-hybridized carbons (Fsp3) is 0.400. The van der Waals surface area contributed by atoms with Gasteiger partial charge in [-0.3, -0.25) is 4.90 Å². The number of amides is 1. The highest BCUT2D eigenvalue weighted by molar-refractivity contribution is 7.90. The van der Waals surface area contributed by atoms with Crippen molar-refractivity contribution >= 4 is 27.0 Å². The summed E-state index contributed by atoms with van der Waals surface area (Å²) in [7, 11) is -2.50. The van der Waals surface area contributed by atoms with Gasteiger partial charge in [0.1, 0.15) is 28.6 Å². The zero-order valence-electron chi connectivity index (χ0n) is 20.3. The standard InChI is InChI=1S/C25H30N2O6S/c1-16-7-9-20(31-6)22(15-16)34(29,30)27-12-11-18-19(27)8-10-21-23(18)17(2)26(13-14-32-21)24(28)33-25(3,4)5/h7-12,15,17H,13-14H2,1-6H3. The van der Waals surface area contributed by atoms with Gasteiger partial charge in [0.05, 0.1) is 25.2 Å². The molecular formula is C25H30N2O6S. The zero-order valence-corrected chi connectivity index (χ0v) is 21.1. The molecule has 34 heavy (non-hydrogen) atoms. The summed E-state index contributed by atoms with van der Waals surface area (Å²) in [6, 6.07) is 9.88. The van der Waals surface area contributed by atoms with Crippen LogP contribution in [0.2, 0.25) is 0 Å². The number of carbonyl (C=O) groups is 1. The molecule has 182 valence electrons. The second kappa shape index (κ2) is 8.54. The van der Waals surface area contributed by atoms with Crippen molar-refractivity contribution in [1.82, 2.24) is 8.87 Å². The molecule has 0 radical (unpaired) electrons. The van der Waals surface area contributed by atoms with Crippen molar-refractivity contribution in [3.8, 4) is 11.5 Å². The predicted octanol–water partition coefficient (Wildman–Crippen LogP) is 4.89. The average molecular weight is 487 g/mol. The van der Waals surface area contributed by atoms with E-state index in [-0.39, 0.29) is 16.7 Å². The second-order valence-corrected chi connectivity index (χ2v) is 11.2. The van der Waals surface area contributed by atoms with E-state index < -0.39 is 21.7 Å². The van der Waals surface area contributed by atoms with Crippen LogP contribution in [0.1, 0.15) is 44.9 Å². The summed E-state index contributed by atoms with van der Waals surface area (Å²) in [5, 5.41) is 0.690. The Balaban J connectivity index is 1.84. The van der Waals surface area contributed by atoms with Gasteiger partial charge in [-0.25, -0.2) is 17.2 Å². The number of fused-ring (bicyclic) bond motifs is 3. The van der Waals surface area contributed by atoms with E-state index in [2.05, 4.69) is 0 Å². The Hall–Kier alpha value is -3.20. The Labute approximate surface area is 200 Å². The van der Waals surface area contributed by atoms with E-state index in [4.69, 9.17) is 14.2 Å². The number of aromatic nitrogens is 1. The van der Waals surface area contributed by atoms with Gasteiger partial charge in [-0.15, -0.1) is 0 Å². The molecule has 1 amide bonds. The Morgan fingerprint density at radius 3 is 2.56 bits per heavy atom. The van der Waals surface area contributed by atoms with Crippen LogP contribution in [0.4, 0.5) is 4.79 Å². The topological polar surface area (TPSA) is 87.1 Å². The van der Waals surface area contributed by atoms with E-state index in [0.29, 0.717) is 29.8 Å². The highest BCUT2D eigenvalue weighted by atomic mass is 32.2. The van der Waals surface area contributed by atoms with Crippen LogP contribution in [0.5, 0.6) is 11.5 Å². The number of rotatable bonds is 3. The minimum Gasteiger partial charge on any atom is -0.495 e. The van der Waals surface area contributed by atoms with E-state index in [1.165, 1.54) is 17.3 Å². The maximum Gasteiger partial charge on any atom is 0.410 e. The SMILES string of the molecule is COc1ccc(C)cc1S(=O)(=O)n1ccc2c3c(ccc21)OCCN(C(=O)OC(C)(C)C)C3C. The van der Waals surface area contributed by atoms with Crippen molar-refractivity contribution in [2.24, 2.45) is 0 Å². The molecule has 0 aliphatic carbocycles. The first kappa shape index (κ1) is 23.9. The van der Waals surface area contributed by atoms with Crippen molar-refractivity contribution in [3.05, 3.63) is 53.7 Å². The Morgan fingerprint density at radius 1 is 1.15 bits per heavy atom. The van der Waals surface area contributed by atoms with E-state index in [1.54, 1.807) is 41.3 Å². The molecule has 0 fully saturated rings. The summed E-state index contributed by atoms with van der Waals surface area (Å²) in [5.41, 5.74) is 1.40. The first-order valence-electron chi connectivity index (χ1n) is 11.1. The number of aryl methyl sites for hydroxylation is 1. The van der Waals surface area contributed by atoms with Gasteiger partial charge in [0.25, 0.3) is 10.0 Å². The molecule has 0 bridgehead atoms. The van der Waals surface area contributed by atoms with Crippen molar-refractivity contribution in [1.29, 1.82) is 0 Å². The van der Waals surface area contributed by atoms with Crippen molar-refractivity contribution in [2.45, 2.75) is 51.2 Å². The summed E-state index contributed by atoms with van der Waals surface area (Å²) in [5.74, 6) is 0.893. The number of carbonyl (C=O) groups excluding carboxylic acids is 1. The quantitative estimate of drug-likeness (QED) is 0.524. The molecule has 0 saturated heterocycles. The van der Waals surface area contributed by atoms with Crippen LogP contribution >= 0.6 is 0 Å². The van der Waals surface area contributed by atoms with Crippen LogP contribution in [0.15, 0.2) is 47.5 Å². The third-order valence-corrected chi connectivity index (χ3v) is 7.51. The maximum absolute atomic E-state index is 13.7. The smallest absolute Gasteiger partial charge is 0.410 e. The summed E-state index contributed by atoms with van der Waals surface area (Å²) in [6.45, 7) is 9.84. The minimum absolute atomic E-state index is 0.0853.